The van der Waals surface area contributed by atoms with Crippen LogP contribution in [0.4, 0.5) is 17.8 Å². The van der Waals surface area contributed by atoms with Gasteiger partial charge in [-0.15, -0.1) is 0 Å². The highest BCUT2D eigenvalue weighted by Gasteiger charge is 2.33. The van der Waals surface area contributed by atoms with Gasteiger partial charge < -0.3 is 16.0 Å². The zero-order chi connectivity index (χ0) is 12.5. The van der Waals surface area contributed by atoms with Crippen LogP contribution < -0.4 is 16.0 Å². The van der Waals surface area contributed by atoms with Crippen molar-refractivity contribution in [3.63, 3.8) is 0 Å². The van der Waals surface area contributed by atoms with E-state index in [1.165, 1.54) is 25.7 Å². The van der Waals surface area contributed by atoms with E-state index < -0.39 is 0 Å². The monoisotopic (exact) mass is 248 g/mol. The second-order valence-corrected chi connectivity index (χ2v) is 5.33. The third-order valence-electron chi connectivity index (χ3n) is 3.70. The fourth-order valence-electron chi connectivity index (χ4n) is 2.37. The zero-order valence-corrected chi connectivity index (χ0v) is 10.8. The number of rotatable bonds is 3. The highest BCUT2D eigenvalue weighted by atomic mass is 15.3. The molecule has 6 heteroatoms. The standard InChI is InChI=1S/C12H20N6/c1-8-7-9(8)14-11-15-10(13)16-12(17-11)18-5-3-2-4-6-18/h8-9H,2-7H2,1H3,(H3,13,14,15,16,17). The molecule has 2 fully saturated rings. The van der Waals surface area contributed by atoms with Gasteiger partial charge in [-0.2, -0.15) is 15.0 Å². The fourth-order valence-corrected chi connectivity index (χ4v) is 2.37. The molecule has 2 heterocycles. The molecular weight excluding hydrogens is 228 g/mol. The van der Waals surface area contributed by atoms with E-state index in [1.54, 1.807) is 0 Å². The van der Waals surface area contributed by atoms with Gasteiger partial charge in [-0.05, 0) is 31.6 Å². The van der Waals surface area contributed by atoms with E-state index in [0.29, 0.717) is 23.9 Å². The molecule has 1 saturated carbocycles. The minimum Gasteiger partial charge on any atom is -0.368 e. The minimum absolute atomic E-state index is 0.307. The normalized spacial score (nSPS) is 27.1. The number of hydrogen-bond donors (Lipinski definition) is 2. The van der Waals surface area contributed by atoms with Crippen LogP contribution in [-0.2, 0) is 0 Å². The smallest absolute Gasteiger partial charge is 0.231 e. The first-order chi connectivity index (χ1) is 8.72. The Hall–Kier alpha value is -1.59. The van der Waals surface area contributed by atoms with E-state index in [2.05, 4.69) is 32.1 Å². The number of anilines is 3. The van der Waals surface area contributed by atoms with E-state index in [0.717, 1.165) is 19.0 Å². The predicted molar refractivity (Wildman–Crippen MR) is 71.5 cm³/mol. The van der Waals surface area contributed by atoms with Crippen molar-refractivity contribution in [2.75, 3.05) is 29.0 Å². The van der Waals surface area contributed by atoms with Crippen LogP contribution in [-0.4, -0.2) is 34.1 Å². The van der Waals surface area contributed by atoms with Crippen molar-refractivity contribution in [1.82, 2.24) is 15.0 Å². The maximum absolute atomic E-state index is 5.77. The zero-order valence-electron chi connectivity index (χ0n) is 10.8. The van der Waals surface area contributed by atoms with Gasteiger partial charge in [0.05, 0.1) is 0 Å². The number of piperidine rings is 1. The molecular formula is C12H20N6. The van der Waals surface area contributed by atoms with Crippen LogP contribution in [0.3, 0.4) is 0 Å². The third-order valence-corrected chi connectivity index (χ3v) is 3.70. The molecule has 1 aliphatic heterocycles. The molecule has 1 saturated heterocycles. The molecule has 18 heavy (non-hydrogen) atoms. The van der Waals surface area contributed by atoms with E-state index in [4.69, 9.17) is 5.73 Å². The van der Waals surface area contributed by atoms with Crippen molar-refractivity contribution in [3.8, 4) is 0 Å². The summed E-state index contributed by atoms with van der Waals surface area (Å²) in [6.07, 6.45) is 4.88. The molecule has 1 aromatic heterocycles. The van der Waals surface area contributed by atoms with Crippen LogP contribution in [0.1, 0.15) is 32.6 Å². The lowest BCUT2D eigenvalue weighted by Crippen LogP contribution is -2.31. The van der Waals surface area contributed by atoms with Gasteiger partial charge in [0, 0.05) is 19.1 Å². The number of nitrogens with zero attached hydrogens (tertiary/aromatic N) is 4. The molecule has 3 N–H and O–H groups in total. The summed E-state index contributed by atoms with van der Waals surface area (Å²) >= 11 is 0. The molecule has 2 unspecified atom stereocenters. The number of nitrogen functional groups attached to an aromatic ring is 1. The van der Waals surface area contributed by atoms with E-state index >= 15 is 0 Å². The number of nitrogens with one attached hydrogen (secondary N) is 1. The molecule has 0 aromatic carbocycles. The van der Waals surface area contributed by atoms with Crippen molar-refractivity contribution in [1.29, 1.82) is 0 Å². The summed E-state index contributed by atoms with van der Waals surface area (Å²) in [5.74, 6) is 2.36. The molecule has 0 radical (unpaired) electrons. The van der Waals surface area contributed by atoms with E-state index in [-0.39, 0.29) is 0 Å². The van der Waals surface area contributed by atoms with Crippen LogP contribution in [0.2, 0.25) is 0 Å². The molecule has 1 aliphatic carbocycles. The molecule has 3 rings (SSSR count). The summed E-state index contributed by atoms with van der Waals surface area (Å²) in [5.41, 5.74) is 5.77. The maximum Gasteiger partial charge on any atom is 0.231 e. The van der Waals surface area contributed by atoms with Gasteiger partial charge in [0.25, 0.3) is 0 Å². The quantitative estimate of drug-likeness (QED) is 0.838. The maximum atomic E-state index is 5.77. The average Bonchev–Trinajstić information content (AvgIpc) is 3.05. The molecule has 1 aromatic rings. The van der Waals surface area contributed by atoms with Gasteiger partial charge in [0.15, 0.2) is 0 Å². The first-order valence-electron chi connectivity index (χ1n) is 6.75. The molecule has 0 amide bonds. The van der Waals surface area contributed by atoms with Crippen molar-refractivity contribution in [2.45, 2.75) is 38.6 Å². The van der Waals surface area contributed by atoms with Crippen LogP contribution in [0.5, 0.6) is 0 Å². The second-order valence-electron chi connectivity index (χ2n) is 5.33. The summed E-state index contributed by atoms with van der Waals surface area (Å²) in [5, 5.41) is 3.32. The Bertz CT molecular complexity index is 429. The molecule has 2 aliphatic rings. The topological polar surface area (TPSA) is 80.0 Å². The third kappa shape index (κ3) is 2.47. The lowest BCUT2D eigenvalue weighted by atomic mass is 10.1. The molecule has 2 atom stereocenters. The Morgan fingerprint density at radius 3 is 2.56 bits per heavy atom. The average molecular weight is 248 g/mol. The van der Waals surface area contributed by atoms with E-state index in [9.17, 15) is 0 Å². The van der Waals surface area contributed by atoms with Crippen molar-refractivity contribution < 1.29 is 0 Å². The lowest BCUT2D eigenvalue weighted by Gasteiger charge is -2.26. The first-order valence-corrected chi connectivity index (χ1v) is 6.75. The van der Waals surface area contributed by atoms with E-state index in [1.807, 2.05) is 0 Å². The molecule has 0 bridgehead atoms. The number of hydrogen-bond acceptors (Lipinski definition) is 6. The Morgan fingerprint density at radius 1 is 1.17 bits per heavy atom. The summed E-state index contributed by atoms with van der Waals surface area (Å²) in [4.78, 5) is 15.1. The highest BCUT2D eigenvalue weighted by Crippen LogP contribution is 2.32. The van der Waals surface area contributed by atoms with Crippen molar-refractivity contribution in [3.05, 3.63) is 0 Å². The highest BCUT2D eigenvalue weighted by molar-refractivity contribution is 5.43. The van der Waals surface area contributed by atoms with Crippen LogP contribution in [0.15, 0.2) is 0 Å². The van der Waals surface area contributed by atoms with Gasteiger partial charge in [0.1, 0.15) is 0 Å². The van der Waals surface area contributed by atoms with Crippen LogP contribution >= 0.6 is 0 Å². The Kier molecular flexibility index (Phi) is 2.93. The largest absolute Gasteiger partial charge is 0.368 e. The van der Waals surface area contributed by atoms with Gasteiger partial charge in [-0.1, -0.05) is 6.92 Å². The van der Waals surface area contributed by atoms with Crippen LogP contribution in [0.25, 0.3) is 0 Å². The Balaban J connectivity index is 1.76. The first kappa shape index (κ1) is 11.5. The Labute approximate surface area is 107 Å². The minimum atomic E-state index is 0.307. The van der Waals surface area contributed by atoms with Crippen molar-refractivity contribution >= 4 is 17.8 Å². The Morgan fingerprint density at radius 2 is 1.89 bits per heavy atom. The summed E-state index contributed by atoms with van der Waals surface area (Å²) in [6, 6.07) is 0.501. The van der Waals surface area contributed by atoms with Gasteiger partial charge in [-0.25, -0.2) is 0 Å². The summed E-state index contributed by atoms with van der Waals surface area (Å²) in [7, 11) is 0. The molecule has 0 spiro atoms. The van der Waals surface area contributed by atoms with Gasteiger partial charge >= 0.3 is 0 Å². The molecule has 6 nitrogen and oxygen atoms in total. The second kappa shape index (κ2) is 4.59. The SMILES string of the molecule is CC1CC1Nc1nc(N)nc(N2CCCCC2)n1. The van der Waals surface area contributed by atoms with Crippen molar-refractivity contribution in [2.24, 2.45) is 5.92 Å². The lowest BCUT2D eigenvalue weighted by molar-refractivity contribution is 0.568. The predicted octanol–water partition coefficient (Wildman–Crippen LogP) is 1.26. The number of nitrogens with two attached hydrogens (primary N) is 1. The molecule has 98 valence electrons. The number of aromatic nitrogens is 3. The van der Waals surface area contributed by atoms with Gasteiger partial charge in [-0.3, -0.25) is 0 Å². The fraction of sp³-hybridized carbons (Fsp3) is 0.750. The van der Waals surface area contributed by atoms with Crippen LogP contribution in [0, 0.1) is 5.92 Å². The summed E-state index contributed by atoms with van der Waals surface area (Å²) < 4.78 is 0. The summed E-state index contributed by atoms with van der Waals surface area (Å²) in [6.45, 7) is 4.25. The van der Waals surface area contributed by atoms with Gasteiger partial charge in [0.2, 0.25) is 17.8 Å².